The Kier molecular flexibility index (Phi) is 11.1. The van der Waals surface area contributed by atoms with E-state index < -0.39 is 11.9 Å². The molecule has 0 aliphatic rings. The monoisotopic (exact) mass is 632 g/mol. The average molecular weight is 633 g/mol. The average Bonchev–Trinajstić information content (AvgIpc) is 3.06. The summed E-state index contributed by atoms with van der Waals surface area (Å²) in [7, 11) is 2.39. The largest absolute Gasteiger partial charge is 0.463 e. The Bertz CT molecular complexity index is 1620. The van der Waals surface area contributed by atoms with Crippen LogP contribution in [-0.4, -0.2) is 47.8 Å². The summed E-state index contributed by atoms with van der Waals surface area (Å²) in [5.74, 6) is -1.53. The minimum Gasteiger partial charge on any atom is -0.463 e. The second-order valence-electron chi connectivity index (χ2n) is 8.24. The normalized spacial score (nSPS) is 11.9. The Morgan fingerprint density at radius 1 is 0.659 bits per heavy atom. The highest BCUT2D eigenvalue weighted by molar-refractivity contribution is 6.36. The van der Waals surface area contributed by atoms with Crippen molar-refractivity contribution in [3.63, 3.8) is 0 Å². The zero-order valence-corrected chi connectivity index (χ0v) is 24.6. The molecule has 0 aliphatic heterocycles. The molecule has 222 valence electrons. The van der Waals surface area contributed by atoms with E-state index in [9.17, 15) is 9.59 Å². The number of aromatic nitrogens is 2. The Hall–Kier alpha value is -5.60. The Balaban J connectivity index is 1.50. The number of pyridine rings is 2. The molecule has 0 saturated heterocycles. The number of hydrogen-bond donors (Lipinski definition) is 2. The van der Waals surface area contributed by atoms with E-state index >= 15 is 0 Å². The summed E-state index contributed by atoms with van der Waals surface area (Å²) in [6.45, 7) is 0. The van der Waals surface area contributed by atoms with Crippen LogP contribution < -0.4 is 10.9 Å². The number of hydrazone groups is 2. The van der Waals surface area contributed by atoms with Gasteiger partial charge in [0.1, 0.15) is 23.0 Å². The van der Waals surface area contributed by atoms with E-state index in [0.717, 1.165) is 0 Å². The van der Waals surface area contributed by atoms with Crippen LogP contribution in [0.25, 0.3) is 11.1 Å². The molecule has 0 spiro atoms. The van der Waals surface area contributed by atoms with Gasteiger partial charge in [-0.2, -0.15) is 0 Å². The molecule has 4 aromatic rings. The van der Waals surface area contributed by atoms with E-state index in [4.69, 9.17) is 32.7 Å². The molecule has 16 heteroatoms. The van der Waals surface area contributed by atoms with Crippen LogP contribution in [0.2, 0.25) is 10.0 Å². The standard InChI is InChI=1S/C28H22Cl2N10O4/c1-43-27(41)25(39-35-23-7-3-5-13-31-23)37-33-21-11-9-17(15-19(21)29)18-10-12-22(20(30)16-18)34-38-26(28(42)44-2)40-36-24-8-4-6-14-32-24/h3-16H,1-2H3,(H,31,35)(H,32,36)/b37-33?,38-34?,39-25-,40-26-. The third-order valence-electron chi connectivity index (χ3n) is 5.35. The summed E-state index contributed by atoms with van der Waals surface area (Å²) >= 11 is 12.9. The lowest BCUT2D eigenvalue weighted by Crippen LogP contribution is -2.15. The Labute approximate surface area is 260 Å². The fourth-order valence-electron chi connectivity index (χ4n) is 3.22. The third kappa shape index (κ3) is 8.70. The van der Waals surface area contributed by atoms with Crippen LogP contribution in [0.5, 0.6) is 0 Å². The zero-order chi connectivity index (χ0) is 31.3. The Morgan fingerprint density at radius 3 is 1.43 bits per heavy atom. The first-order chi connectivity index (χ1) is 21.4. The van der Waals surface area contributed by atoms with Gasteiger partial charge in [-0.25, -0.2) is 19.6 Å². The van der Waals surface area contributed by atoms with E-state index in [1.807, 2.05) is 0 Å². The molecule has 0 unspecified atom stereocenters. The number of benzene rings is 2. The molecule has 2 heterocycles. The zero-order valence-electron chi connectivity index (χ0n) is 23.0. The molecule has 2 aromatic heterocycles. The molecule has 0 saturated carbocycles. The number of nitrogens with one attached hydrogen (secondary N) is 2. The number of hydrogen-bond acceptors (Lipinski definition) is 12. The number of amidine groups is 2. The molecule has 0 amide bonds. The van der Waals surface area contributed by atoms with Crippen LogP contribution in [0.15, 0.2) is 116 Å². The van der Waals surface area contributed by atoms with Crippen LogP contribution >= 0.6 is 23.2 Å². The molecular formula is C28H22Cl2N10O4. The van der Waals surface area contributed by atoms with Gasteiger partial charge in [-0.3, -0.25) is 10.9 Å². The highest BCUT2D eigenvalue weighted by Gasteiger charge is 2.14. The second-order valence-corrected chi connectivity index (χ2v) is 9.05. The van der Waals surface area contributed by atoms with E-state index in [-0.39, 0.29) is 33.1 Å². The number of carbonyl (C=O) groups excluding carboxylic acids is 2. The number of azo groups is 2. The van der Waals surface area contributed by atoms with Crippen molar-refractivity contribution >= 4 is 69.8 Å². The third-order valence-corrected chi connectivity index (χ3v) is 5.96. The molecule has 14 nitrogen and oxygen atoms in total. The van der Waals surface area contributed by atoms with Gasteiger partial charge in [0, 0.05) is 12.4 Å². The molecule has 0 atom stereocenters. The van der Waals surface area contributed by atoms with Crippen molar-refractivity contribution in [2.75, 3.05) is 25.1 Å². The van der Waals surface area contributed by atoms with E-state index in [1.165, 1.54) is 14.2 Å². The van der Waals surface area contributed by atoms with Crippen molar-refractivity contribution in [1.82, 2.24) is 9.97 Å². The van der Waals surface area contributed by atoms with Crippen LogP contribution in [-0.2, 0) is 19.1 Å². The molecule has 0 bridgehead atoms. The van der Waals surface area contributed by atoms with Gasteiger partial charge < -0.3 is 9.47 Å². The van der Waals surface area contributed by atoms with Gasteiger partial charge >= 0.3 is 11.9 Å². The number of methoxy groups -OCH3 is 2. The summed E-state index contributed by atoms with van der Waals surface area (Å²) in [4.78, 5) is 32.3. The van der Waals surface area contributed by atoms with Gasteiger partial charge in [-0.1, -0.05) is 47.5 Å². The topological polar surface area (TPSA) is 177 Å². The van der Waals surface area contributed by atoms with E-state index in [1.54, 1.807) is 85.2 Å². The first kappa shape index (κ1) is 31.3. The molecule has 0 radical (unpaired) electrons. The minimum absolute atomic E-state index is 0.243. The number of nitrogens with zero attached hydrogens (tertiary/aromatic N) is 8. The van der Waals surface area contributed by atoms with Crippen molar-refractivity contribution < 1.29 is 19.1 Å². The number of rotatable bonds is 7. The molecular weight excluding hydrogens is 611 g/mol. The minimum atomic E-state index is -0.814. The first-order valence-electron chi connectivity index (χ1n) is 12.5. The first-order valence-corrected chi connectivity index (χ1v) is 13.2. The van der Waals surface area contributed by atoms with Crippen molar-refractivity contribution in [3.8, 4) is 11.1 Å². The van der Waals surface area contributed by atoms with Crippen LogP contribution in [0.1, 0.15) is 0 Å². The summed E-state index contributed by atoms with van der Waals surface area (Å²) in [6.07, 6.45) is 3.12. The maximum atomic E-state index is 12.1. The van der Waals surface area contributed by atoms with E-state index in [0.29, 0.717) is 22.8 Å². The summed E-state index contributed by atoms with van der Waals surface area (Å²) in [5, 5.41) is 24.2. The van der Waals surface area contributed by atoms with Crippen molar-refractivity contribution in [2.45, 2.75) is 0 Å². The van der Waals surface area contributed by atoms with Gasteiger partial charge in [0.15, 0.2) is 0 Å². The number of esters is 2. The SMILES string of the molecule is COC(=O)/C(N=Nc1ccc(-c2ccc(N=N/C(=N\Nc3ccccn3)C(=O)OC)c(Cl)c2)cc1Cl)=N/Nc1ccccn1. The lowest BCUT2D eigenvalue weighted by Gasteiger charge is -2.06. The molecule has 44 heavy (non-hydrogen) atoms. The van der Waals surface area contributed by atoms with Gasteiger partial charge in [-0.05, 0) is 59.7 Å². The molecule has 0 fully saturated rings. The van der Waals surface area contributed by atoms with Crippen LogP contribution in [0.4, 0.5) is 23.0 Å². The quantitative estimate of drug-likeness (QED) is 0.0733. The van der Waals surface area contributed by atoms with Crippen LogP contribution in [0.3, 0.4) is 0 Å². The number of ether oxygens (including phenoxy) is 2. The lowest BCUT2D eigenvalue weighted by molar-refractivity contribution is -0.133. The lowest BCUT2D eigenvalue weighted by atomic mass is 10.1. The number of anilines is 2. The molecule has 2 N–H and O–H groups in total. The highest BCUT2D eigenvalue weighted by atomic mass is 35.5. The summed E-state index contributed by atoms with van der Waals surface area (Å²) < 4.78 is 9.43. The Morgan fingerprint density at radius 2 is 1.09 bits per heavy atom. The van der Waals surface area contributed by atoms with Gasteiger partial charge in [0.2, 0.25) is 0 Å². The van der Waals surface area contributed by atoms with Gasteiger partial charge in [-0.15, -0.1) is 30.7 Å². The number of carbonyl (C=O) groups is 2. The van der Waals surface area contributed by atoms with Crippen LogP contribution in [0, 0.1) is 0 Å². The summed E-state index contributed by atoms with van der Waals surface area (Å²) in [5.41, 5.74) is 7.18. The second kappa shape index (κ2) is 15.6. The summed E-state index contributed by atoms with van der Waals surface area (Å²) in [6, 6.07) is 20.3. The predicted octanol–water partition coefficient (Wildman–Crippen LogP) is 6.82. The number of halogens is 2. The van der Waals surface area contributed by atoms with Gasteiger partial charge in [0.25, 0.3) is 11.7 Å². The fraction of sp³-hybridized carbons (Fsp3) is 0.0714. The molecule has 0 aliphatic carbocycles. The maximum absolute atomic E-state index is 12.1. The van der Waals surface area contributed by atoms with Crippen molar-refractivity contribution in [3.05, 3.63) is 95.2 Å². The predicted molar refractivity (Wildman–Crippen MR) is 166 cm³/mol. The van der Waals surface area contributed by atoms with Crippen molar-refractivity contribution in [1.29, 1.82) is 0 Å². The van der Waals surface area contributed by atoms with E-state index in [2.05, 4.69) is 51.5 Å². The molecule has 2 aromatic carbocycles. The van der Waals surface area contributed by atoms with Gasteiger partial charge in [0.05, 0.1) is 24.3 Å². The van der Waals surface area contributed by atoms with Crippen molar-refractivity contribution in [2.24, 2.45) is 30.7 Å². The maximum Gasteiger partial charge on any atom is 0.379 e. The molecule has 4 rings (SSSR count). The fourth-order valence-corrected chi connectivity index (χ4v) is 3.65. The smallest absolute Gasteiger partial charge is 0.379 e. The highest BCUT2D eigenvalue weighted by Crippen LogP contribution is 2.34.